The van der Waals surface area contributed by atoms with Crippen LogP contribution < -0.4 is 4.74 Å². The van der Waals surface area contributed by atoms with Crippen molar-refractivity contribution in [2.75, 3.05) is 20.2 Å². The first kappa shape index (κ1) is 17.3. The fourth-order valence-electron chi connectivity index (χ4n) is 3.15. The molecule has 1 saturated heterocycles. The molecule has 0 aromatic heterocycles. The van der Waals surface area contributed by atoms with E-state index in [0.717, 1.165) is 24.2 Å². The van der Waals surface area contributed by atoms with Gasteiger partial charge in [-0.05, 0) is 36.8 Å². The number of hydrogen-bond donors (Lipinski definition) is 1. The zero-order valence-corrected chi connectivity index (χ0v) is 13.8. The van der Waals surface area contributed by atoms with Crippen LogP contribution in [0.25, 0.3) is 0 Å². The van der Waals surface area contributed by atoms with Gasteiger partial charge in [0.05, 0.1) is 13.0 Å². The molecule has 0 bridgehead atoms. The first-order valence-corrected chi connectivity index (χ1v) is 8.13. The molecular weight excluding hydrogens is 294 g/mol. The topological polar surface area (TPSA) is 66.8 Å². The van der Waals surface area contributed by atoms with E-state index in [4.69, 9.17) is 9.84 Å². The molecule has 1 amide bonds. The number of carbonyl (C=O) groups is 2. The van der Waals surface area contributed by atoms with Gasteiger partial charge in [-0.25, -0.2) is 0 Å². The minimum Gasteiger partial charge on any atom is -0.496 e. The van der Waals surface area contributed by atoms with Gasteiger partial charge < -0.3 is 14.7 Å². The highest BCUT2D eigenvalue weighted by Gasteiger charge is 2.28. The largest absolute Gasteiger partial charge is 0.496 e. The van der Waals surface area contributed by atoms with E-state index in [1.807, 2.05) is 31.2 Å². The number of carbonyl (C=O) groups excluding carboxylic acids is 1. The maximum atomic E-state index is 12.4. The number of carboxylic acid groups (broad SMARTS) is 1. The van der Waals surface area contributed by atoms with Gasteiger partial charge in [-0.2, -0.15) is 0 Å². The molecule has 5 nitrogen and oxygen atoms in total. The molecule has 2 rings (SSSR count). The standard InChI is InChI=1S/C18H25NO4/c1-13(10-14-6-3-4-8-16(14)23-2)11-17(20)19-9-5-7-15(12-19)18(21)22/h3-4,6,8,13,15H,5,7,9-12H2,1-2H3,(H,21,22)/t13-,15+/m0/s1. The van der Waals surface area contributed by atoms with Gasteiger partial charge in [0, 0.05) is 19.5 Å². The number of aliphatic carboxylic acids is 1. The Labute approximate surface area is 137 Å². The van der Waals surface area contributed by atoms with Crippen molar-refractivity contribution in [3.63, 3.8) is 0 Å². The van der Waals surface area contributed by atoms with E-state index in [0.29, 0.717) is 25.9 Å². The van der Waals surface area contributed by atoms with Crippen LogP contribution in [-0.4, -0.2) is 42.1 Å². The van der Waals surface area contributed by atoms with Gasteiger partial charge in [0.25, 0.3) is 0 Å². The predicted molar refractivity (Wildman–Crippen MR) is 87.4 cm³/mol. The Balaban J connectivity index is 1.90. The van der Waals surface area contributed by atoms with Crippen LogP contribution in [0.4, 0.5) is 0 Å². The summed E-state index contributed by atoms with van der Waals surface area (Å²) in [5.41, 5.74) is 1.09. The van der Waals surface area contributed by atoms with E-state index in [-0.39, 0.29) is 11.8 Å². The van der Waals surface area contributed by atoms with Crippen molar-refractivity contribution in [2.45, 2.75) is 32.6 Å². The molecule has 1 aliphatic rings. The highest BCUT2D eigenvalue weighted by atomic mass is 16.5. The Morgan fingerprint density at radius 3 is 2.83 bits per heavy atom. The van der Waals surface area contributed by atoms with E-state index >= 15 is 0 Å². The van der Waals surface area contributed by atoms with Crippen molar-refractivity contribution in [3.8, 4) is 5.75 Å². The molecule has 0 aliphatic carbocycles. The summed E-state index contributed by atoms with van der Waals surface area (Å²) >= 11 is 0. The molecule has 0 radical (unpaired) electrons. The molecule has 1 fully saturated rings. The highest BCUT2D eigenvalue weighted by molar-refractivity contribution is 5.78. The molecule has 2 atom stereocenters. The molecular formula is C18H25NO4. The first-order valence-electron chi connectivity index (χ1n) is 8.13. The molecule has 0 spiro atoms. The Bertz CT molecular complexity index is 558. The number of nitrogens with zero attached hydrogens (tertiary/aromatic N) is 1. The second kappa shape index (κ2) is 7.99. The number of carboxylic acids is 1. The quantitative estimate of drug-likeness (QED) is 0.875. The minimum absolute atomic E-state index is 0.0540. The predicted octanol–water partition coefficient (Wildman–Crippen LogP) is 2.59. The fourth-order valence-corrected chi connectivity index (χ4v) is 3.15. The molecule has 23 heavy (non-hydrogen) atoms. The number of piperidine rings is 1. The summed E-state index contributed by atoms with van der Waals surface area (Å²) in [6.45, 7) is 3.06. The molecule has 1 heterocycles. The van der Waals surface area contributed by atoms with Gasteiger partial charge in [0.2, 0.25) is 5.91 Å². The van der Waals surface area contributed by atoms with Gasteiger partial charge in [-0.1, -0.05) is 25.1 Å². The first-order chi connectivity index (χ1) is 11.0. The number of hydrogen-bond acceptors (Lipinski definition) is 3. The Kier molecular flexibility index (Phi) is 6.02. The summed E-state index contributed by atoms with van der Waals surface area (Å²) in [7, 11) is 1.65. The lowest BCUT2D eigenvalue weighted by molar-refractivity contribution is -0.145. The molecule has 1 N–H and O–H groups in total. The Hall–Kier alpha value is -2.04. The smallest absolute Gasteiger partial charge is 0.308 e. The molecule has 1 aromatic carbocycles. The lowest BCUT2D eigenvalue weighted by atomic mass is 9.94. The molecule has 0 unspecified atom stereocenters. The SMILES string of the molecule is COc1ccccc1C[C@H](C)CC(=O)N1CCC[C@@H](C(=O)O)C1. The van der Waals surface area contributed by atoms with Crippen LogP contribution in [0.1, 0.15) is 31.7 Å². The molecule has 1 aliphatic heterocycles. The summed E-state index contributed by atoms with van der Waals surface area (Å²) in [6, 6.07) is 7.83. The number of ether oxygens (including phenoxy) is 1. The fraction of sp³-hybridized carbons (Fsp3) is 0.556. The second-order valence-electron chi connectivity index (χ2n) is 6.34. The lowest BCUT2D eigenvalue weighted by Gasteiger charge is -2.31. The number of rotatable bonds is 6. The van der Waals surface area contributed by atoms with Gasteiger partial charge in [-0.15, -0.1) is 0 Å². The summed E-state index contributed by atoms with van der Waals surface area (Å²) in [5, 5.41) is 9.12. The molecule has 126 valence electrons. The summed E-state index contributed by atoms with van der Waals surface area (Å²) in [5.74, 6) is -0.139. The third kappa shape index (κ3) is 4.71. The van der Waals surface area contributed by atoms with Crippen molar-refractivity contribution in [3.05, 3.63) is 29.8 Å². The number of methoxy groups -OCH3 is 1. The average Bonchev–Trinajstić information content (AvgIpc) is 2.55. The summed E-state index contributed by atoms with van der Waals surface area (Å²) < 4.78 is 5.35. The van der Waals surface area contributed by atoms with Crippen LogP contribution in [0, 0.1) is 11.8 Å². The van der Waals surface area contributed by atoms with E-state index in [2.05, 4.69) is 0 Å². The number of para-hydroxylation sites is 1. The van der Waals surface area contributed by atoms with E-state index < -0.39 is 11.9 Å². The second-order valence-corrected chi connectivity index (χ2v) is 6.34. The highest BCUT2D eigenvalue weighted by Crippen LogP contribution is 2.23. The van der Waals surface area contributed by atoms with Crippen molar-refractivity contribution in [2.24, 2.45) is 11.8 Å². The van der Waals surface area contributed by atoms with Crippen LogP contribution in [0.15, 0.2) is 24.3 Å². The normalized spacial score (nSPS) is 19.2. The maximum absolute atomic E-state index is 12.4. The van der Waals surface area contributed by atoms with Gasteiger partial charge in [0.1, 0.15) is 5.75 Å². The zero-order valence-electron chi connectivity index (χ0n) is 13.8. The summed E-state index contributed by atoms with van der Waals surface area (Å²) in [4.78, 5) is 25.2. The van der Waals surface area contributed by atoms with Crippen LogP contribution in [-0.2, 0) is 16.0 Å². The van der Waals surface area contributed by atoms with Crippen molar-refractivity contribution in [1.82, 2.24) is 4.90 Å². The Morgan fingerprint density at radius 1 is 1.39 bits per heavy atom. The van der Waals surface area contributed by atoms with E-state index in [1.165, 1.54) is 0 Å². The zero-order chi connectivity index (χ0) is 16.8. The molecule has 0 saturated carbocycles. The minimum atomic E-state index is -0.801. The van der Waals surface area contributed by atoms with Crippen LogP contribution in [0.2, 0.25) is 0 Å². The van der Waals surface area contributed by atoms with Crippen LogP contribution in [0.3, 0.4) is 0 Å². The number of amides is 1. The third-order valence-electron chi connectivity index (χ3n) is 4.41. The average molecular weight is 319 g/mol. The Morgan fingerprint density at radius 2 is 2.13 bits per heavy atom. The lowest BCUT2D eigenvalue weighted by Crippen LogP contribution is -2.42. The number of likely N-dealkylation sites (tertiary alicyclic amines) is 1. The molecule has 5 heteroatoms. The van der Waals surface area contributed by atoms with Gasteiger partial charge >= 0.3 is 5.97 Å². The van der Waals surface area contributed by atoms with Gasteiger partial charge in [-0.3, -0.25) is 9.59 Å². The molecule has 1 aromatic rings. The monoisotopic (exact) mass is 319 g/mol. The van der Waals surface area contributed by atoms with Crippen molar-refractivity contribution >= 4 is 11.9 Å². The van der Waals surface area contributed by atoms with Gasteiger partial charge in [0.15, 0.2) is 0 Å². The third-order valence-corrected chi connectivity index (χ3v) is 4.41. The van der Waals surface area contributed by atoms with Crippen LogP contribution >= 0.6 is 0 Å². The maximum Gasteiger partial charge on any atom is 0.308 e. The van der Waals surface area contributed by atoms with E-state index in [1.54, 1.807) is 12.0 Å². The number of benzene rings is 1. The van der Waals surface area contributed by atoms with Crippen LogP contribution in [0.5, 0.6) is 5.75 Å². The van der Waals surface area contributed by atoms with Crippen molar-refractivity contribution in [1.29, 1.82) is 0 Å². The van der Waals surface area contributed by atoms with E-state index in [9.17, 15) is 9.59 Å². The van der Waals surface area contributed by atoms with Crippen molar-refractivity contribution < 1.29 is 19.4 Å². The summed E-state index contributed by atoms with van der Waals surface area (Å²) in [6.07, 6.45) is 2.63.